The van der Waals surface area contributed by atoms with Crippen molar-refractivity contribution in [3.8, 4) is 44.7 Å². The molecule has 8 nitrogen and oxygen atoms in total. The van der Waals surface area contributed by atoms with Gasteiger partial charge in [0.1, 0.15) is 16.5 Å². The van der Waals surface area contributed by atoms with Gasteiger partial charge in [-0.25, -0.2) is 9.97 Å². The topological polar surface area (TPSA) is 94.5 Å². The molecule has 0 aliphatic carbocycles. The van der Waals surface area contributed by atoms with Crippen LogP contribution in [0.25, 0.3) is 45.4 Å². The SMILES string of the molecule is O=COc1ccnc(-c2cc(OC=O)cc(-c3cc(-c4ccc(N(c5ccccc5)c5ccccc5)s4)cc(/C=C/c4ccccc4)n3)n2)c1. The molecule has 7 rings (SSSR count). The number of anilines is 3. The van der Waals surface area contributed by atoms with Gasteiger partial charge in [0.2, 0.25) is 0 Å². The van der Waals surface area contributed by atoms with E-state index in [0.717, 1.165) is 32.4 Å². The van der Waals surface area contributed by atoms with Crippen LogP contribution in [0.2, 0.25) is 0 Å². The van der Waals surface area contributed by atoms with Crippen molar-refractivity contribution in [2.45, 2.75) is 0 Å². The van der Waals surface area contributed by atoms with Gasteiger partial charge < -0.3 is 14.4 Å². The van der Waals surface area contributed by atoms with Crippen LogP contribution in [0, 0.1) is 0 Å². The van der Waals surface area contributed by atoms with Crippen molar-refractivity contribution in [3.05, 3.63) is 157 Å². The standard InChI is InChI=1S/C41H28N4O4S/c46-27-48-34-20-21-42-36(24-34)38-25-35(49-28-47)26-39(44-38)37-23-30(22-31(43-37)17-16-29-10-4-1-5-11-29)40-18-19-41(50-40)45(32-12-6-2-7-13-32)33-14-8-3-9-15-33/h1-28H/b17-16+. The molecule has 0 radical (unpaired) electrons. The lowest BCUT2D eigenvalue weighted by molar-refractivity contribution is -0.121. The Bertz CT molecular complexity index is 2240. The molecule has 7 aromatic rings. The van der Waals surface area contributed by atoms with E-state index >= 15 is 0 Å². The van der Waals surface area contributed by atoms with E-state index in [-0.39, 0.29) is 5.75 Å². The van der Waals surface area contributed by atoms with Crippen LogP contribution in [0.15, 0.2) is 146 Å². The first-order valence-corrected chi connectivity index (χ1v) is 16.4. The lowest BCUT2D eigenvalue weighted by Gasteiger charge is -2.23. The van der Waals surface area contributed by atoms with E-state index in [0.29, 0.717) is 47.2 Å². The Morgan fingerprint density at radius 3 is 1.84 bits per heavy atom. The Labute approximate surface area is 292 Å². The van der Waals surface area contributed by atoms with Gasteiger partial charge in [-0.15, -0.1) is 11.3 Å². The summed E-state index contributed by atoms with van der Waals surface area (Å²) in [7, 11) is 0. The van der Waals surface area contributed by atoms with Gasteiger partial charge in [0.05, 0.1) is 28.5 Å². The van der Waals surface area contributed by atoms with Crippen molar-refractivity contribution in [1.29, 1.82) is 0 Å². The molecular weight excluding hydrogens is 645 g/mol. The minimum Gasteiger partial charge on any atom is -0.429 e. The van der Waals surface area contributed by atoms with Crippen LogP contribution in [-0.2, 0) is 9.59 Å². The van der Waals surface area contributed by atoms with Crippen molar-refractivity contribution in [2.24, 2.45) is 0 Å². The Kier molecular flexibility index (Phi) is 9.57. The van der Waals surface area contributed by atoms with Crippen LogP contribution in [0.3, 0.4) is 0 Å². The molecule has 50 heavy (non-hydrogen) atoms. The number of ether oxygens (including phenoxy) is 2. The fourth-order valence-electron chi connectivity index (χ4n) is 5.39. The summed E-state index contributed by atoms with van der Waals surface area (Å²) in [5.41, 5.74) is 6.64. The molecule has 0 fully saturated rings. The van der Waals surface area contributed by atoms with E-state index in [9.17, 15) is 9.59 Å². The van der Waals surface area contributed by atoms with Gasteiger partial charge in [-0.3, -0.25) is 14.6 Å². The van der Waals surface area contributed by atoms with Crippen molar-refractivity contribution in [2.75, 3.05) is 4.90 Å². The van der Waals surface area contributed by atoms with Gasteiger partial charge in [-0.2, -0.15) is 0 Å². The molecule has 0 atom stereocenters. The normalized spacial score (nSPS) is 10.9. The van der Waals surface area contributed by atoms with Crippen LogP contribution in [-0.4, -0.2) is 27.9 Å². The highest BCUT2D eigenvalue weighted by atomic mass is 32.1. The van der Waals surface area contributed by atoms with E-state index < -0.39 is 0 Å². The molecule has 0 N–H and O–H groups in total. The number of thiophene rings is 1. The summed E-state index contributed by atoms with van der Waals surface area (Å²) in [6, 6.07) is 45.2. The third kappa shape index (κ3) is 7.38. The van der Waals surface area contributed by atoms with Crippen LogP contribution in [0.4, 0.5) is 16.4 Å². The monoisotopic (exact) mass is 672 g/mol. The van der Waals surface area contributed by atoms with Crippen LogP contribution >= 0.6 is 11.3 Å². The number of carbonyl (C=O) groups is 2. The number of hydrogen-bond acceptors (Lipinski definition) is 9. The van der Waals surface area contributed by atoms with E-state index in [1.807, 2.05) is 91.0 Å². The predicted octanol–water partition coefficient (Wildman–Crippen LogP) is 9.64. The second kappa shape index (κ2) is 15.0. The third-order valence-corrected chi connectivity index (χ3v) is 8.76. The number of carbonyl (C=O) groups excluding carboxylic acids is 2. The number of para-hydroxylation sites is 2. The average molecular weight is 673 g/mol. The molecule has 3 aromatic carbocycles. The first-order valence-electron chi connectivity index (χ1n) is 15.6. The first-order chi connectivity index (χ1) is 24.7. The summed E-state index contributed by atoms with van der Waals surface area (Å²) in [5, 5.41) is 1.04. The lowest BCUT2D eigenvalue weighted by Crippen LogP contribution is -2.07. The molecule has 0 saturated heterocycles. The van der Waals surface area contributed by atoms with Crippen LogP contribution in [0.1, 0.15) is 11.3 Å². The van der Waals surface area contributed by atoms with Crippen molar-refractivity contribution in [3.63, 3.8) is 0 Å². The van der Waals surface area contributed by atoms with Crippen LogP contribution < -0.4 is 14.4 Å². The number of hydrogen-bond donors (Lipinski definition) is 0. The molecule has 9 heteroatoms. The van der Waals surface area contributed by atoms with E-state index in [1.54, 1.807) is 35.6 Å². The van der Waals surface area contributed by atoms with Crippen molar-refractivity contribution >= 4 is 52.8 Å². The predicted molar refractivity (Wildman–Crippen MR) is 197 cm³/mol. The molecule has 4 aromatic heterocycles. The molecule has 0 spiro atoms. The highest BCUT2D eigenvalue weighted by molar-refractivity contribution is 7.19. The Morgan fingerprint density at radius 1 is 0.560 bits per heavy atom. The maximum Gasteiger partial charge on any atom is 0.298 e. The molecule has 0 amide bonds. The number of rotatable bonds is 12. The fraction of sp³-hybridized carbons (Fsp3) is 0. The zero-order valence-electron chi connectivity index (χ0n) is 26.5. The molecular formula is C41H28N4O4S. The highest BCUT2D eigenvalue weighted by Crippen LogP contribution is 2.42. The first kappa shape index (κ1) is 31.9. The summed E-state index contributed by atoms with van der Waals surface area (Å²) in [4.78, 5) is 39.9. The largest absolute Gasteiger partial charge is 0.429 e. The lowest BCUT2D eigenvalue weighted by atomic mass is 10.1. The van der Waals surface area contributed by atoms with Crippen molar-refractivity contribution in [1.82, 2.24) is 15.0 Å². The summed E-state index contributed by atoms with van der Waals surface area (Å²) < 4.78 is 10.3. The van der Waals surface area contributed by atoms with Gasteiger partial charge in [-0.05, 0) is 71.8 Å². The molecule has 0 aliphatic rings. The molecule has 4 heterocycles. The molecule has 0 aliphatic heterocycles. The zero-order chi connectivity index (χ0) is 34.1. The quantitative estimate of drug-likeness (QED) is 0.119. The summed E-state index contributed by atoms with van der Waals surface area (Å²) >= 11 is 1.66. The van der Waals surface area contributed by atoms with Crippen LogP contribution in [0.5, 0.6) is 11.5 Å². The molecule has 0 unspecified atom stereocenters. The second-order valence-electron chi connectivity index (χ2n) is 10.9. The van der Waals surface area contributed by atoms with Gasteiger partial charge in [0.25, 0.3) is 12.9 Å². The second-order valence-corrected chi connectivity index (χ2v) is 12.0. The number of aromatic nitrogens is 3. The third-order valence-electron chi connectivity index (χ3n) is 7.64. The maximum absolute atomic E-state index is 11.4. The minimum atomic E-state index is 0.261. The maximum atomic E-state index is 11.4. The minimum absolute atomic E-state index is 0.261. The number of nitrogens with zero attached hydrogens (tertiary/aromatic N) is 4. The van der Waals surface area contributed by atoms with Crippen molar-refractivity contribution < 1.29 is 19.1 Å². The summed E-state index contributed by atoms with van der Waals surface area (Å²) in [6.45, 7) is 0.706. The van der Waals surface area contributed by atoms with Gasteiger partial charge >= 0.3 is 0 Å². The highest BCUT2D eigenvalue weighted by Gasteiger charge is 2.17. The molecule has 0 bridgehead atoms. The Hall–Kier alpha value is -6.71. The summed E-state index contributed by atoms with van der Waals surface area (Å²) in [6.07, 6.45) is 5.48. The van der Waals surface area contributed by atoms with Gasteiger partial charge in [0.15, 0.2) is 0 Å². The fourth-order valence-corrected chi connectivity index (χ4v) is 6.42. The van der Waals surface area contributed by atoms with Gasteiger partial charge in [-0.1, -0.05) is 72.8 Å². The summed E-state index contributed by atoms with van der Waals surface area (Å²) in [5.74, 6) is 0.564. The molecule has 0 saturated carbocycles. The smallest absolute Gasteiger partial charge is 0.298 e. The number of benzene rings is 3. The number of pyridine rings is 3. The Morgan fingerprint density at radius 2 is 1.16 bits per heavy atom. The van der Waals surface area contributed by atoms with Gasteiger partial charge in [0, 0.05) is 40.6 Å². The average Bonchev–Trinajstić information content (AvgIpc) is 3.65. The molecule has 242 valence electrons. The van der Waals surface area contributed by atoms with E-state index in [2.05, 4.69) is 46.3 Å². The zero-order valence-corrected chi connectivity index (χ0v) is 27.3. The van der Waals surface area contributed by atoms with E-state index in [4.69, 9.17) is 19.4 Å². The van der Waals surface area contributed by atoms with E-state index in [1.165, 1.54) is 6.20 Å². The Balaban J connectivity index is 1.35.